The van der Waals surface area contributed by atoms with Gasteiger partial charge in [-0.15, -0.1) is 0 Å². The molecule has 8 nitrogen and oxygen atoms in total. The third kappa shape index (κ3) is 5.19. The molecule has 2 aromatic carbocycles. The van der Waals surface area contributed by atoms with Crippen LogP contribution in [0.25, 0.3) is 15.5 Å². The number of hydrogen-bond donors (Lipinski definition) is 1. The minimum absolute atomic E-state index is 0.161. The van der Waals surface area contributed by atoms with E-state index in [2.05, 4.69) is 20.3 Å². The fourth-order valence-electron chi connectivity index (χ4n) is 3.91. The first kappa shape index (κ1) is 23.4. The van der Waals surface area contributed by atoms with E-state index in [1.807, 2.05) is 13.0 Å². The van der Waals surface area contributed by atoms with Crippen molar-refractivity contribution in [3.05, 3.63) is 81.0 Å². The quantitative estimate of drug-likeness (QED) is 0.441. The lowest BCUT2D eigenvalue weighted by molar-refractivity contribution is 0.142. The van der Waals surface area contributed by atoms with E-state index < -0.39 is 0 Å². The Balaban J connectivity index is 1.23. The minimum atomic E-state index is -0.329. The highest BCUT2D eigenvalue weighted by Gasteiger charge is 2.22. The van der Waals surface area contributed by atoms with Crippen LogP contribution >= 0.6 is 22.9 Å². The Hall–Kier alpha value is -3.34. The van der Waals surface area contributed by atoms with Gasteiger partial charge in [-0.1, -0.05) is 29.0 Å². The van der Waals surface area contributed by atoms with Gasteiger partial charge in [0.05, 0.1) is 5.69 Å². The van der Waals surface area contributed by atoms with E-state index in [1.54, 1.807) is 29.2 Å². The number of hydrogen-bond acceptors (Lipinski definition) is 6. The number of aryl methyl sites for hydroxylation is 1. The summed E-state index contributed by atoms with van der Waals surface area (Å²) in [7, 11) is 0. The number of amides is 2. The summed E-state index contributed by atoms with van der Waals surface area (Å²) in [6.07, 6.45) is 0. The summed E-state index contributed by atoms with van der Waals surface area (Å²) in [6, 6.07) is 12.7. The van der Waals surface area contributed by atoms with E-state index in [0.29, 0.717) is 59.1 Å². The van der Waals surface area contributed by atoms with Gasteiger partial charge < -0.3 is 10.2 Å². The molecule has 1 N–H and O–H groups in total. The van der Waals surface area contributed by atoms with Crippen molar-refractivity contribution in [2.24, 2.45) is 0 Å². The molecule has 5 rings (SSSR count). The molecule has 35 heavy (non-hydrogen) atoms. The van der Waals surface area contributed by atoms with Crippen LogP contribution in [0.3, 0.4) is 0 Å². The van der Waals surface area contributed by atoms with E-state index in [0.717, 1.165) is 11.1 Å². The number of urea groups is 1. The van der Waals surface area contributed by atoms with Crippen molar-refractivity contribution < 1.29 is 9.18 Å². The Kier molecular flexibility index (Phi) is 6.50. The van der Waals surface area contributed by atoms with Crippen LogP contribution in [0.1, 0.15) is 11.3 Å². The molecule has 3 heterocycles. The fourth-order valence-corrected chi connectivity index (χ4v) is 5.01. The molecular weight excluding hydrogens is 491 g/mol. The molecule has 1 fully saturated rings. The van der Waals surface area contributed by atoms with Crippen LogP contribution in [0.5, 0.6) is 0 Å². The lowest BCUT2D eigenvalue weighted by Crippen LogP contribution is -2.49. The van der Waals surface area contributed by atoms with Crippen molar-refractivity contribution in [3.63, 3.8) is 0 Å². The molecule has 0 spiro atoms. The maximum atomic E-state index is 13.2. The van der Waals surface area contributed by atoms with Gasteiger partial charge in [-0.05, 0) is 48.9 Å². The van der Waals surface area contributed by atoms with Crippen LogP contribution in [0.4, 0.5) is 14.9 Å². The van der Waals surface area contributed by atoms with Crippen molar-refractivity contribution in [1.29, 1.82) is 0 Å². The van der Waals surface area contributed by atoms with E-state index in [1.165, 1.54) is 34.1 Å². The predicted octanol–water partition coefficient (Wildman–Crippen LogP) is 4.27. The molecule has 0 atom stereocenters. The van der Waals surface area contributed by atoms with E-state index in [-0.39, 0.29) is 17.4 Å². The van der Waals surface area contributed by atoms with Crippen LogP contribution in [0.15, 0.2) is 53.3 Å². The number of aromatic nitrogens is 3. The fraction of sp³-hybridized carbons (Fsp3) is 0.250. The van der Waals surface area contributed by atoms with Crippen molar-refractivity contribution in [2.45, 2.75) is 13.5 Å². The van der Waals surface area contributed by atoms with Gasteiger partial charge >= 0.3 is 6.03 Å². The summed E-state index contributed by atoms with van der Waals surface area (Å²) in [5, 5.41) is 8.44. The second-order valence-corrected chi connectivity index (χ2v) is 9.74. The first-order valence-corrected chi connectivity index (χ1v) is 12.3. The van der Waals surface area contributed by atoms with Gasteiger partial charge in [-0.2, -0.15) is 9.61 Å². The smallest absolute Gasteiger partial charge is 0.321 e. The highest BCUT2D eigenvalue weighted by atomic mass is 35.5. The monoisotopic (exact) mass is 512 g/mol. The lowest BCUT2D eigenvalue weighted by atomic mass is 10.2. The SMILES string of the molecule is Cc1ccc(Cl)cc1NC(=O)N1CCN(Cc2cc(=O)n3nc(-c4ccc(F)cc4)sc3n2)CC1. The third-order valence-electron chi connectivity index (χ3n) is 5.88. The molecule has 4 aromatic rings. The summed E-state index contributed by atoms with van der Waals surface area (Å²) in [5.41, 5.74) is 2.76. The van der Waals surface area contributed by atoms with E-state index in [4.69, 9.17) is 11.6 Å². The van der Waals surface area contributed by atoms with Crippen molar-refractivity contribution >= 4 is 39.6 Å². The highest BCUT2D eigenvalue weighted by Crippen LogP contribution is 2.25. The molecule has 0 aliphatic carbocycles. The average molecular weight is 513 g/mol. The summed E-state index contributed by atoms with van der Waals surface area (Å²) >= 11 is 7.33. The number of anilines is 1. The number of rotatable bonds is 4. The Labute approximate surface area is 209 Å². The van der Waals surface area contributed by atoms with Crippen LogP contribution in [0, 0.1) is 12.7 Å². The Morgan fingerprint density at radius 2 is 1.86 bits per heavy atom. The first-order chi connectivity index (χ1) is 16.9. The van der Waals surface area contributed by atoms with Gasteiger partial charge in [0.25, 0.3) is 5.56 Å². The molecule has 0 unspecified atom stereocenters. The molecule has 0 radical (unpaired) electrons. The predicted molar refractivity (Wildman–Crippen MR) is 135 cm³/mol. The largest absolute Gasteiger partial charge is 0.322 e. The van der Waals surface area contributed by atoms with Crippen molar-refractivity contribution in [3.8, 4) is 10.6 Å². The van der Waals surface area contributed by atoms with Gasteiger partial charge in [0.15, 0.2) is 0 Å². The maximum Gasteiger partial charge on any atom is 0.321 e. The van der Waals surface area contributed by atoms with Crippen molar-refractivity contribution in [1.82, 2.24) is 24.4 Å². The second-order valence-electron chi connectivity index (χ2n) is 8.35. The zero-order valence-electron chi connectivity index (χ0n) is 18.9. The number of nitrogens with one attached hydrogen (secondary N) is 1. The molecule has 2 amide bonds. The Bertz CT molecular complexity index is 1450. The molecule has 0 saturated carbocycles. The normalized spacial score (nSPS) is 14.4. The molecule has 1 aliphatic rings. The standard InChI is InChI=1S/C24H22ClFN6O2S/c1-15-2-5-17(25)12-20(15)28-23(34)31-10-8-30(9-11-31)14-19-13-21(33)32-24(27-19)35-22(29-32)16-3-6-18(26)7-4-16/h2-7,12-13H,8-11,14H2,1H3,(H,28,34). The molecule has 1 aliphatic heterocycles. The number of carbonyl (C=O) groups excluding carboxylic acids is 1. The van der Waals surface area contributed by atoms with Crippen LogP contribution < -0.4 is 10.9 Å². The number of piperazine rings is 1. The van der Waals surface area contributed by atoms with Crippen LogP contribution in [-0.2, 0) is 6.54 Å². The third-order valence-corrected chi connectivity index (χ3v) is 7.07. The summed E-state index contributed by atoms with van der Waals surface area (Å²) in [4.78, 5) is 34.4. The van der Waals surface area contributed by atoms with E-state index in [9.17, 15) is 14.0 Å². The lowest BCUT2D eigenvalue weighted by Gasteiger charge is -2.34. The zero-order chi connectivity index (χ0) is 24.5. The molecule has 1 saturated heterocycles. The number of benzene rings is 2. The second kappa shape index (κ2) is 9.73. The topological polar surface area (TPSA) is 82.8 Å². The number of fused-ring (bicyclic) bond motifs is 1. The van der Waals surface area contributed by atoms with Crippen LogP contribution in [0.2, 0.25) is 5.02 Å². The van der Waals surface area contributed by atoms with Gasteiger partial charge in [0.2, 0.25) is 4.96 Å². The number of carbonyl (C=O) groups is 1. The average Bonchev–Trinajstić information content (AvgIpc) is 3.27. The van der Waals surface area contributed by atoms with E-state index >= 15 is 0 Å². The Morgan fingerprint density at radius 3 is 2.60 bits per heavy atom. The molecular formula is C24H22ClFN6O2S. The summed E-state index contributed by atoms with van der Waals surface area (Å²) in [5.74, 6) is -0.329. The van der Waals surface area contributed by atoms with Gasteiger partial charge in [0.1, 0.15) is 10.8 Å². The summed E-state index contributed by atoms with van der Waals surface area (Å²) < 4.78 is 14.5. The summed E-state index contributed by atoms with van der Waals surface area (Å²) in [6.45, 7) is 4.85. The van der Waals surface area contributed by atoms with Gasteiger partial charge in [0, 0.05) is 55.1 Å². The van der Waals surface area contributed by atoms with Crippen molar-refractivity contribution in [2.75, 3.05) is 31.5 Å². The Morgan fingerprint density at radius 1 is 1.11 bits per heavy atom. The molecule has 11 heteroatoms. The van der Waals surface area contributed by atoms with Gasteiger partial charge in [-0.3, -0.25) is 9.69 Å². The number of halogens is 2. The molecule has 2 aromatic heterocycles. The van der Waals surface area contributed by atoms with Gasteiger partial charge in [-0.25, -0.2) is 14.2 Å². The maximum absolute atomic E-state index is 13.2. The molecule has 0 bridgehead atoms. The van der Waals surface area contributed by atoms with Crippen LogP contribution in [-0.4, -0.2) is 56.6 Å². The number of nitrogens with zero attached hydrogens (tertiary/aromatic N) is 5. The highest BCUT2D eigenvalue weighted by molar-refractivity contribution is 7.19. The zero-order valence-corrected chi connectivity index (χ0v) is 20.4. The minimum Gasteiger partial charge on any atom is -0.322 e. The molecule has 180 valence electrons. The first-order valence-electron chi connectivity index (χ1n) is 11.1.